The van der Waals surface area contributed by atoms with Gasteiger partial charge in [0.05, 0.1) is 6.20 Å². The van der Waals surface area contributed by atoms with E-state index in [4.69, 9.17) is 4.55 Å². The second-order valence-corrected chi connectivity index (χ2v) is 2.98. The third kappa shape index (κ3) is 2.33. The van der Waals surface area contributed by atoms with Crippen molar-refractivity contribution >= 4 is 22.6 Å². The van der Waals surface area contributed by atoms with Crippen molar-refractivity contribution in [2.75, 3.05) is 0 Å². The first-order valence-electron chi connectivity index (χ1n) is 2.42. The maximum absolute atomic E-state index is 10.1. The van der Waals surface area contributed by atoms with E-state index in [0.29, 0.717) is 4.73 Å². The van der Waals surface area contributed by atoms with E-state index in [0.717, 1.165) is 0 Å². The fourth-order valence-electron chi connectivity index (χ4n) is 0.468. The summed E-state index contributed by atoms with van der Waals surface area (Å²) in [5.74, 6) is 0. The molecular formula is C3H4N2O4S2. The van der Waals surface area contributed by atoms with E-state index in [-0.39, 0.29) is 4.77 Å². The quantitative estimate of drug-likeness (QED) is 0.504. The zero-order valence-electron chi connectivity index (χ0n) is 5.09. The van der Waals surface area contributed by atoms with Crippen LogP contribution in [0.2, 0.25) is 0 Å². The van der Waals surface area contributed by atoms with Gasteiger partial charge in [-0.1, -0.05) is 0 Å². The number of nitrogens with one attached hydrogen (secondary N) is 1. The molecule has 1 aromatic heterocycles. The lowest BCUT2D eigenvalue weighted by molar-refractivity contribution is 0.236. The summed E-state index contributed by atoms with van der Waals surface area (Å²) in [6, 6.07) is 0. The van der Waals surface area contributed by atoms with Gasteiger partial charge >= 0.3 is 10.4 Å². The highest BCUT2D eigenvalue weighted by Crippen LogP contribution is 1.88. The summed E-state index contributed by atoms with van der Waals surface area (Å²) in [4.78, 5) is 2.47. The van der Waals surface area contributed by atoms with Crippen molar-refractivity contribution in [3.05, 3.63) is 17.2 Å². The molecule has 1 aromatic rings. The maximum Gasteiger partial charge on any atom is 0.465 e. The van der Waals surface area contributed by atoms with Gasteiger partial charge in [-0.3, -0.25) is 8.84 Å². The fourth-order valence-corrected chi connectivity index (χ4v) is 1.01. The third-order valence-corrected chi connectivity index (χ3v) is 1.44. The van der Waals surface area contributed by atoms with Crippen LogP contribution in [0.1, 0.15) is 0 Å². The van der Waals surface area contributed by atoms with Crippen LogP contribution in [-0.2, 0) is 10.4 Å². The second-order valence-electron chi connectivity index (χ2n) is 1.59. The van der Waals surface area contributed by atoms with Crippen LogP contribution >= 0.6 is 12.2 Å². The molecule has 1 heterocycles. The summed E-state index contributed by atoms with van der Waals surface area (Å²) < 4.78 is 33.1. The highest BCUT2D eigenvalue weighted by atomic mass is 32.3. The normalized spacial score (nSPS) is 11.4. The van der Waals surface area contributed by atoms with Crippen LogP contribution in [0.15, 0.2) is 12.4 Å². The average Bonchev–Trinajstić information content (AvgIpc) is 2.12. The predicted molar refractivity (Wildman–Crippen MR) is 37.7 cm³/mol. The van der Waals surface area contributed by atoms with Crippen molar-refractivity contribution < 1.29 is 17.3 Å². The Labute approximate surface area is 67.3 Å². The highest BCUT2D eigenvalue weighted by molar-refractivity contribution is 7.81. The van der Waals surface area contributed by atoms with Crippen LogP contribution < -0.4 is 4.28 Å². The number of aromatic nitrogens is 2. The molecule has 0 amide bonds. The van der Waals surface area contributed by atoms with Crippen LogP contribution in [0.5, 0.6) is 0 Å². The van der Waals surface area contributed by atoms with Gasteiger partial charge in [0.2, 0.25) is 4.77 Å². The third-order valence-electron chi connectivity index (χ3n) is 0.791. The summed E-state index contributed by atoms with van der Waals surface area (Å²) in [6.07, 6.45) is 2.59. The SMILES string of the molecule is O=S(=O)(O)On1cc[nH]c1=S. The summed E-state index contributed by atoms with van der Waals surface area (Å²) >= 11 is 4.56. The van der Waals surface area contributed by atoms with Crippen LogP contribution in [0.25, 0.3) is 0 Å². The molecule has 0 fully saturated rings. The van der Waals surface area contributed by atoms with E-state index in [1.807, 2.05) is 0 Å². The number of nitrogens with zero attached hydrogens (tertiary/aromatic N) is 1. The van der Waals surface area contributed by atoms with Crippen molar-refractivity contribution in [2.24, 2.45) is 0 Å². The molecule has 0 radical (unpaired) electrons. The number of rotatable bonds is 2. The molecule has 6 nitrogen and oxygen atoms in total. The number of hydrogen-bond donors (Lipinski definition) is 2. The number of aromatic amines is 1. The first-order valence-corrected chi connectivity index (χ1v) is 4.20. The minimum atomic E-state index is -4.49. The van der Waals surface area contributed by atoms with Gasteiger partial charge in [-0.25, -0.2) is 0 Å². The van der Waals surface area contributed by atoms with Gasteiger partial charge in [0, 0.05) is 6.20 Å². The molecule has 0 aromatic carbocycles. The smallest absolute Gasteiger partial charge is 0.335 e. The Morgan fingerprint density at radius 2 is 2.36 bits per heavy atom. The van der Waals surface area contributed by atoms with E-state index in [1.54, 1.807) is 0 Å². The fraction of sp³-hybridized carbons (Fsp3) is 0. The number of imidazole rings is 1. The molecule has 1 rings (SSSR count). The molecule has 0 spiro atoms. The molecule has 0 aliphatic heterocycles. The Kier molecular flexibility index (Phi) is 1.98. The lowest BCUT2D eigenvalue weighted by Gasteiger charge is -1.97. The first-order chi connectivity index (χ1) is 4.99. The van der Waals surface area contributed by atoms with Gasteiger partial charge < -0.3 is 4.98 Å². The monoisotopic (exact) mass is 196 g/mol. The van der Waals surface area contributed by atoms with Crippen molar-refractivity contribution in [3.8, 4) is 0 Å². The Hall–Kier alpha value is -0.860. The summed E-state index contributed by atoms with van der Waals surface area (Å²) in [5.41, 5.74) is 0. The van der Waals surface area contributed by atoms with Gasteiger partial charge in [0.15, 0.2) is 0 Å². The first kappa shape index (κ1) is 8.24. The summed E-state index contributed by atoms with van der Waals surface area (Å²) in [7, 11) is -4.49. The van der Waals surface area contributed by atoms with E-state index >= 15 is 0 Å². The molecular weight excluding hydrogens is 192 g/mol. The summed E-state index contributed by atoms with van der Waals surface area (Å²) in [5, 5.41) is 0. The minimum Gasteiger partial charge on any atom is -0.335 e. The summed E-state index contributed by atoms with van der Waals surface area (Å²) in [6.45, 7) is 0. The average molecular weight is 196 g/mol. The van der Waals surface area contributed by atoms with E-state index in [2.05, 4.69) is 21.5 Å². The van der Waals surface area contributed by atoms with E-state index < -0.39 is 10.4 Å². The topological polar surface area (TPSA) is 84.3 Å². The van der Waals surface area contributed by atoms with Gasteiger partial charge in [-0.15, -0.1) is 4.73 Å². The molecule has 0 atom stereocenters. The zero-order chi connectivity index (χ0) is 8.48. The molecule has 0 aliphatic carbocycles. The Bertz CT molecular complexity index is 387. The maximum atomic E-state index is 10.1. The largest absolute Gasteiger partial charge is 0.465 e. The Morgan fingerprint density at radius 3 is 2.73 bits per heavy atom. The Balaban J connectivity index is 2.98. The molecule has 0 unspecified atom stereocenters. The second kappa shape index (κ2) is 2.64. The standard InChI is InChI=1S/C3H4N2O4S2/c6-11(7,8)9-5-2-1-4-3(5)10/h1-2H,(H,4,10)(H,6,7,8). The minimum absolute atomic E-state index is 0.0441. The van der Waals surface area contributed by atoms with Crippen molar-refractivity contribution in [2.45, 2.75) is 0 Å². The van der Waals surface area contributed by atoms with Crippen molar-refractivity contribution in [1.29, 1.82) is 0 Å². The van der Waals surface area contributed by atoms with Crippen LogP contribution in [0, 0.1) is 4.77 Å². The molecule has 62 valence electrons. The van der Waals surface area contributed by atoms with Gasteiger partial charge in [0.25, 0.3) is 0 Å². The van der Waals surface area contributed by atoms with Crippen molar-refractivity contribution in [3.63, 3.8) is 0 Å². The number of hydrogen-bond acceptors (Lipinski definition) is 4. The zero-order valence-corrected chi connectivity index (χ0v) is 6.72. The lowest BCUT2D eigenvalue weighted by atomic mass is 11.0. The van der Waals surface area contributed by atoms with Crippen LogP contribution in [-0.4, -0.2) is 22.7 Å². The lowest BCUT2D eigenvalue weighted by Crippen LogP contribution is -2.18. The predicted octanol–water partition coefficient (Wildman–Crippen LogP) is -0.223. The molecule has 2 N–H and O–H groups in total. The van der Waals surface area contributed by atoms with Gasteiger partial charge in [-0.2, -0.15) is 8.42 Å². The highest BCUT2D eigenvalue weighted by Gasteiger charge is 2.05. The van der Waals surface area contributed by atoms with E-state index in [9.17, 15) is 8.42 Å². The molecule has 8 heteroatoms. The molecule has 0 aliphatic rings. The van der Waals surface area contributed by atoms with Gasteiger partial charge in [-0.05, 0) is 12.2 Å². The molecule has 0 saturated heterocycles. The molecule has 0 saturated carbocycles. The molecule has 0 bridgehead atoms. The number of H-pyrrole nitrogens is 1. The van der Waals surface area contributed by atoms with Crippen LogP contribution in [0.3, 0.4) is 0 Å². The van der Waals surface area contributed by atoms with E-state index in [1.165, 1.54) is 12.4 Å². The molecule has 11 heavy (non-hydrogen) atoms. The Morgan fingerprint density at radius 1 is 1.73 bits per heavy atom. The van der Waals surface area contributed by atoms with Gasteiger partial charge in [0.1, 0.15) is 0 Å². The van der Waals surface area contributed by atoms with Crippen molar-refractivity contribution in [1.82, 2.24) is 9.71 Å². The van der Waals surface area contributed by atoms with Crippen LogP contribution in [0.4, 0.5) is 0 Å².